The van der Waals surface area contributed by atoms with Gasteiger partial charge in [-0.3, -0.25) is 0 Å². The highest BCUT2D eigenvalue weighted by molar-refractivity contribution is 5.77. The fourth-order valence-electron chi connectivity index (χ4n) is 1.44. The maximum Gasteiger partial charge on any atom is 0.134 e. The van der Waals surface area contributed by atoms with Crippen LogP contribution in [0.1, 0.15) is 25.3 Å². The van der Waals surface area contributed by atoms with E-state index < -0.39 is 0 Å². The Balaban J connectivity index is 2.69. The molecule has 0 bridgehead atoms. The van der Waals surface area contributed by atoms with Crippen molar-refractivity contribution in [3.8, 4) is 0 Å². The molecule has 0 unspecified atom stereocenters. The van der Waals surface area contributed by atoms with Crippen molar-refractivity contribution < 1.29 is 8.81 Å². The summed E-state index contributed by atoms with van der Waals surface area (Å²) in [6.45, 7) is 3.93. The zero-order valence-corrected chi connectivity index (χ0v) is 7.67. The van der Waals surface area contributed by atoms with Crippen molar-refractivity contribution in [1.29, 1.82) is 0 Å². The molecule has 0 fully saturated rings. The smallest absolute Gasteiger partial charge is 0.134 e. The summed E-state index contributed by atoms with van der Waals surface area (Å²) in [7, 11) is 0. The molecular formula is C11H11FO. The van der Waals surface area contributed by atoms with Crippen molar-refractivity contribution in [2.45, 2.75) is 19.8 Å². The average Bonchev–Trinajstić information content (AvgIpc) is 2.48. The lowest BCUT2D eigenvalue weighted by molar-refractivity contribution is 0.591. The van der Waals surface area contributed by atoms with E-state index in [9.17, 15) is 4.39 Å². The van der Waals surface area contributed by atoms with Gasteiger partial charge in [-0.25, -0.2) is 4.39 Å². The van der Waals surface area contributed by atoms with Gasteiger partial charge in [0, 0.05) is 5.39 Å². The van der Waals surface area contributed by atoms with E-state index in [0.717, 1.165) is 11.0 Å². The first kappa shape index (κ1) is 8.30. The van der Waals surface area contributed by atoms with Crippen LogP contribution in [0.25, 0.3) is 11.0 Å². The zero-order valence-electron chi connectivity index (χ0n) is 7.67. The van der Waals surface area contributed by atoms with Crippen molar-refractivity contribution in [1.82, 2.24) is 0 Å². The van der Waals surface area contributed by atoms with Crippen molar-refractivity contribution in [3.63, 3.8) is 0 Å². The van der Waals surface area contributed by atoms with Crippen LogP contribution in [0.4, 0.5) is 4.39 Å². The first-order chi connectivity index (χ1) is 6.18. The van der Waals surface area contributed by atoms with Crippen LogP contribution < -0.4 is 0 Å². The molecule has 0 aliphatic carbocycles. The molecule has 1 nitrogen and oxygen atoms in total. The fourth-order valence-corrected chi connectivity index (χ4v) is 1.44. The number of halogens is 1. The molecule has 0 aliphatic rings. The predicted molar refractivity (Wildman–Crippen MR) is 50.3 cm³/mol. The van der Waals surface area contributed by atoms with E-state index in [-0.39, 0.29) is 11.7 Å². The minimum absolute atomic E-state index is 0.149. The first-order valence-corrected chi connectivity index (χ1v) is 4.35. The molecule has 0 aliphatic heterocycles. The molecule has 1 aromatic carbocycles. The lowest BCUT2D eigenvalue weighted by atomic mass is 10.0. The summed E-state index contributed by atoms with van der Waals surface area (Å²) in [5.41, 5.74) is 1.47. The Hall–Kier alpha value is -1.31. The van der Waals surface area contributed by atoms with Gasteiger partial charge in [0.2, 0.25) is 0 Å². The molecule has 0 atom stereocenters. The second-order valence-corrected chi connectivity index (χ2v) is 3.49. The fraction of sp³-hybridized carbons (Fsp3) is 0.273. The van der Waals surface area contributed by atoms with E-state index in [2.05, 4.69) is 0 Å². The number of rotatable bonds is 1. The zero-order chi connectivity index (χ0) is 9.42. The topological polar surface area (TPSA) is 13.1 Å². The summed E-state index contributed by atoms with van der Waals surface area (Å²) in [6, 6.07) is 5.06. The molecule has 0 amide bonds. The van der Waals surface area contributed by atoms with E-state index >= 15 is 0 Å². The van der Waals surface area contributed by atoms with E-state index in [1.165, 1.54) is 6.07 Å². The summed E-state index contributed by atoms with van der Waals surface area (Å²) >= 11 is 0. The van der Waals surface area contributed by atoms with Crippen LogP contribution in [0.3, 0.4) is 0 Å². The minimum atomic E-state index is -0.149. The minimum Gasteiger partial charge on any atom is -0.464 e. The third-order valence-electron chi connectivity index (χ3n) is 2.19. The SMILES string of the molecule is CC(C)c1cc2occc2cc1F. The molecule has 0 N–H and O–H groups in total. The number of fused-ring (bicyclic) bond motifs is 1. The summed E-state index contributed by atoms with van der Waals surface area (Å²) in [4.78, 5) is 0. The molecule has 0 saturated heterocycles. The van der Waals surface area contributed by atoms with Crippen LogP contribution in [0, 0.1) is 5.82 Å². The van der Waals surface area contributed by atoms with Crippen molar-refractivity contribution in [2.24, 2.45) is 0 Å². The third-order valence-corrected chi connectivity index (χ3v) is 2.19. The molecule has 2 rings (SSSR count). The van der Waals surface area contributed by atoms with Gasteiger partial charge in [0.15, 0.2) is 0 Å². The number of furan rings is 1. The highest BCUT2D eigenvalue weighted by atomic mass is 19.1. The lowest BCUT2D eigenvalue weighted by Gasteiger charge is -2.05. The number of hydrogen-bond acceptors (Lipinski definition) is 1. The van der Waals surface area contributed by atoms with Gasteiger partial charge >= 0.3 is 0 Å². The van der Waals surface area contributed by atoms with Crippen molar-refractivity contribution in [2.75, 3.05) is 0 Å². The Morgan fingerprint density at radius 2 is 2.08 bits per heavy atom. The second kappa shape index (κ2) is 2.87. The molecule has 1 aromatic heterocycles. The molecule has 2 aromatic rings. The standard InChI is InChI=1S/C11H11FO/c1-7(2)9-6-11-8(3-4-13-11)5-10(9)12/h3-7H,1-2H3. The van der Waals surface area contributed by atoms with Gasteiger partial charge in [0.1, 0.15) is 11.4 Å². The van der Waals surface area contributed by atoms with Gasteiger partial charge in [-0.15, -0.1) is 0 Å². The van der Waals surface area contributed by atoms with E-state index in [1.54, 1.807) is 18.4 Å². The highest BCUT2D eigenvalue weighted by Crippen LogP contribution is 2.25. The predicted octanol–water partition coefficient (Wildman–Crippen LogP) is 3.70. The Morgan fingerprint density at radius 3 is 2.77 bits per heavy atom. The Kier molecular flexibility index (Phi) is 1.83. The summed E-state index contributed by atoms with van der Waals surface area (Å²) in [5, 5.41) is 0.821. The van der Waals surface area contributed by atoms with E-state index in [1.807, 2.05) is 13.8 Å². The van der Waals surface area contributed by atoms with Crippen LogP contribution >= 0.6 is 0 Å². The average molecular weight is 178 g/mol. The lowest BCUT2D eigenvalue weighted by Crippen LogP contribution is -1.91. The van der Waals surface area contributed by atoms with Gasteiger partial charge in [-0.1, -0.05) is 13.8 Å². The van der Waals surface area contributed by atoms with Gasteiger partial charge in [-0.05, 0) is 29.7 Å². The quantitative estimate of drug-likeness (QED) is 0.649. The van der Waals surface area contributed by atoms with Crippen LogP contribution in [0.5, 0.6) is 0 Å². The largest absolute Gasteiger partial charge is 0.464 e. The third kappa shape index (κ3) is 1.32. The molecule has 1 heterocycles. The van der Waals surface area contributed by atoms with Crippen molar-refractivity contribution >= 4 is 11.0 Å². The van der Waals surface area contributed by atoms with Gasteiger partial charge in [-0.2, -0.15) is 0 Å². The van der Waals surface area contributed by atoms with Gasteiger partial charge in [0.25, 0.3) is 0 Å². The van der Waals surface area contributed by atoms with Gasteiger partial charge in [0.05, 0.1) is 6.26 Å². The molecule has 68 valence electrons. The second-order valence-electron chi connectivity index (χ2n) is 3.49. The van der Waals surface area contributed by atoms with Crippen molar-refractivity contribution in [3.05, 3.63) is 35.8 Å². The summed E-state index contributed by atoms with van der Waals surface area (Å²) in [5.74, 6) is 0.0402. The van der Waals surface area contributed by atoms with Crippen LogP contribution in [0.2, 0.25) is 0 Å². The highest BCUT2D eigenvalue weighted by Gasteiger charge is 2.09. The monoisotopic (exact) mass is 178 g/mol. The first-order valence-electron chi connectivity index (χ1n) is 4.35. The summed E-state index contributed by atoms with van der Waals surface area (Å²) < 4.78 is 18.6. The van der Waals surface area contributed by atoms with E-state index in [0.29, 0.717) is 5.56 Å². The number of hydrogen-bond donors (Lipinski definition) is 0. The van der Waals surface area contributed by atoms with Gasteiger partial charge < -0.3 is 4.42 Å². The molecule has 13 heavy (non-hydrogen) atoms. The Morgan fingerprint density at radius 1 is 1.31 bits per heavy atom. The van der Waals surface area contributed by atoms with E-state index in [4.69, 9.17) is 4.42 Å². The molecule has 0 spiro atoms. The Labute approximate surface area is 76.2 Å². The van der Waals surface area contributed by atoms with Crippen LogP contribution in [0.15, 0.2) is 28.9 Å². The maximum atomic E-state index is 13.4. The normalized spacial score (nSPS) is 11.4. The van der Waals surface area contributed by atoms with Crippen LogP contribution in [-0.4, -0.2) is 0 Å². The molecule has 0 saturated carbocycles. The number of benzene rings is 1. The Bertz CT molecular complexity index is 429. The molecule has 2 heteroatoms. The maximum absolute atomic E-state index is 13.4. The van der Waals surface area contributed by atoms with Crippen LogP contribution in [-0.2, 0) is 0 Å². The molecule has 0 radical (unpaired) electrons. The summed E-state index contributed by atoms with van der Waals surface area (Å²) in [6.07, 6.45) is 1.58. The molecular weight excluding hydrogens is 167 g/mol.